The average Bonchev–Trinajstić information content (AvgIpc) is 3.17. The van der Waals surface area contributed by atoms with Crippen molar-refractivity contribution in [1.29, 1.82) is 0 Å². The molecule has 1 aliphatic carbocycles. The minimum atomic E-state index is -1.14. The van der Waals surface area contributed by atoms with Gasteiger partial charge < -0.3 is 5.11 Å². The molecular weight excluding hydrogens is 434 g/mol. The van der Waals surface area contributed by atoms with Crippen molar-refractivity contribution in [3.8, 4) is 0 Å². The second-order valence-electron chi connectivity index (χ2n) is 8.47. The molecule has 34 heavy (non-hydrogen) atoms. The van der Waals surface area contributed by atoms with Gasteiger partial charge in [0.25, 0.3) is 0 Å². The monoisotopic (exact) mass is 456 g/mol. The maximum atomic E-state index is 15.1. The summed E-state index contributed by atoms with van der Waals surface area (Å²) in [5, 5.41) is 15.6. The van der Waals surface area contributed by atoms with Gasteiger partial charge in [-0.2, -0.15) is 4.39 Å². The second kappa shape index (κ2) is 9.06. The predicted molar refractivity (Wildman–Crippen MR) is 129 cm³/mol. The van der Waals surface area contributed by atoms with Gasteiger partial charge in [0, 0.05) is 11.6 Å². The van der Waals surface area contributed by atoms with Gasteiger partial charge in [-0.3, -0.25) is 5.10 Å². The fourth-order valence-corrected chi connectivity index (χ4v) is 4.49. The van der Waals surface area contributed by atoms with Gasteiger partial charge in [0.15, 0.2) is 0 Å². The van der Waals surface area contributed by atoms with Crippen LogP contribution in [0.3, 0.4) is 0 Å². The largest absolute Gasteiger partial charge is 0.478 e. The van der Waals surface area contributed by atoms with E-state index >= 15 is 4.39 Å². The molecule has 1 aliphatic rings. The Bertz CT molecular complexity index is 1430. The quantitative estimate of drug-likeness (QED) is 0.251. The number of nitrogens with one attached hydrogen (secondary N) is 1. The third-order valence-electron chi connectivity index (χ3n) is 6.37. The Morgan fingerprint density at radius 1 is 0.971 bits per heavy atom. The molecule has 1 aromatic heterocycles. The Balaban J connectivity index is 1.76. The summed E-state index contributed by atoms with van der Waals surface area (Å²) in [6, 6.07) is 20.2. The molecule has 0 atom stereocenters. The molecule has 0 aliphatic heterocycles. The van der Waals surface area contributed by atoms with E-state index in [4.69, 9.17) is 5.11 Å². The third-order valence-corrected chi connectivity index (χ3v) is 6.37. The fourth-order valence-electron chi connectivity index (χ4n) is 4.49. The van der Waals surface area contributed by atoms with Crippen molar-refractivity contribution in [2.75, 3.05) is 0 Å². The van der Waals surface area contributed by atoms with Gasteiger partial charge in [-0.25, -0.2) is 9.18 Å². The number of carbonyl (C=O) groups is 1. The number of fused-ring (bicyclic) bond motifs is 1. The first-order chi connectivity index (χ1) is 16.5. The number of aromatic nitrogens is 2. The van der Waals surface area contributed by atoms with Crippen molar-refractivity contribution in [3.63, 3.8) is 0 Å². The Morgan fingerprint density at radius 3 is 2.38 bits per heavy atom. The lowest BCUT2D eigenvalue weighted by atomic mass is 9.73. The van der Waals surface area contributed by atoms with E-state index in [9.17, 15) is 9.18 Å². The van der Waals surface area contributed by atoms with Gasteiger partial charge in [-0.05, 0) is 70.9 Å². The Morgan fingerprint density at radius 2 is 1.71 bits per heavy atom. The maximum absolute atomic E-state index is 15.1. The average molecular weight is 456 g/mol. The SMILES string of the molecule is O=C(O)/C=C/c1ccc(/C(=C(\c2ccccc2)C2CCC2)c2ccc3[nH]nc(F)c3c2)cc1F. The number of aliphatic carboxylic acids is 1. The van der Waals surface area contributed by atoms with E-state index in [1.165, 1.54) is 12.1 Å². The molecule has 1 saturated carbocycles. The summed E-state index contributed by atoms with van der Waals surface area (Å²) in [5.41, 5.74) is 5.18. The molecule has 1 heterocycles. The van der Waals surface area contributed by atoms with Crippen LogP contribution in [0.25, 0.3) is 28.1 Å². The Hall–Kier alpha value is -4.06. The van der Waals surface area contributed by atoms with Crippen LogP contribution < -0.4 is 0 Å². The predicted octanol–water partition coefficient (Wildman–Crippen LogP) is 6.70. The summed E-state index contributed by atoms with van der Waals surface area (Å²) >= 11 is 0. The van der Waals surface area contributed by atoms with Gasteiger partial charge in [0.05, 0.1) is 10.9 Å². The number of aromatic amines is 1. The highest BCUT2D eigenvalue weighted by Crippen LogP contribution is 2.45. The zero-order chi connectivity index (χ0) is 23.7. The van der Waals surface area contributed by atoms with Crippen LogP contribution >= 0.6 is 0 Å². The molecule has 0 amide bonds. The van der Waals surface area contributed by atoms with E-state index in [0.717, 1.165) is 47.6 Å². The van der Waals surface area contributed by atoms with Gasteiger partial charge >= 0.3 is 5.97 Å². The van der Waals surface area contributed by atoms with Gasteiger partial charge in [0.2, 0.25) is 5.95 Å². The van der Waals surface area contributed by atoms with E-state index in [1.807, 2.05) is 36.4 Å². The number of hydrogen-bond acceptors (Lipinski definition) is 2. The summed E-state index contributed by atoms with van der Waals surface area (Å²) < 4.78 is 29.4. The first kappa shape index (κ1) is 21.8. The molecular formula is C28H22F2N2O2. The van der Waals surface area contributed by atoms with Crippen molar-refractivity contribution < 1.29 is 18.7 Å². The van der Waals surface area contributed by atoms with Crippen LogP contribution in [-0.2, 0) is 4.79 Å². The molecule has 0 saturated heterocycles. The highest BCUT2D eigenvalue weighted by Gasteiger charge is 2.27. The number of rotatable bonds is 6. The van der Waals surface area contributed by atoms with E-state index in [1.54, 1.807) is 24.3 Å². The summed E-state index contributed by atoms with van der Waals surface area (Å²) in [4.78, 5) is 10.9. The lowest BCUT2D eigenvalue weighted by molar-refractivity contribution is -0.131. The fraction of sp³-hybridized carbons (Fsp3) is 0.143. The molecule has 3 aromatic carbocycles. The van der Waals surface area contributed by atoms with Gasteiger partial charge in [-0.1, -0.05) is 55.0 Å². The topological polar surface area (TPSA) is 66.0 Å². The van der Waals surface area contributed by atoms with Crippen molar-refractivity contribution in [3.05, 3.63) is 107 Å². The molecule has 5 rings (SSSR count). The molecule has 0 radical (unpaired) electrons. The van der Waals surface area contributed by atoms with E-state index < -0.39 is 17.7 Å². The Kier molecular flexibility index (Phi) is 5.80. The van der Waals surface area contributed by atoms with Crippen molar-refractivity contribution in [1.82, 2.24) is 10.2 Å². The number of H-pyrrole nitrogens is 1. The molecule has 0 spiro atoms. The summed E-state index contributed by atoms with van der Waals surface area (Å²) in [6.07, 6.45) is 5.32. The number of hydrogen-bond donors (Lipinski definition) is 2. The van der Waals surface area contributed by atoms with Gasteiger partial charge in [0.1, 0.15) is 5.82 Å². The van der Waals surface area contributed by atoms with Crippen LogP contribution in [0.5, 0.6) is 0 Å². The molecule has 4 aromatic rings. The van der Waals surface area contributed by atoms with Crippen molar-refractivity contribution in [2.45, 2.75) is 19.3 Å². The molecule has 0 unspecified atom stereocenters. The van der Waals surface area contributed by atoms with Crippen molar-refractivity contribution in [2.24, 2.45) is 5.92 Å². The van der Waals surface area contributed by atoms with Crippen LogP contribution in [0.4, 0.5) is 8.78 Å². The molecule has 6 heteroatoms. The van der Waals surface area contributed by atoms with E-state index in [0.29, 0.717) is 22.4 Å². The maximum Gasteiger partial charge on any atom is 0.328 e. The number of nitrogens with zero attached hydrogens (tertiary/aromatic N) is 1. The second-order valence-corrected chi connectivity index (χ2v) is 8.47. The molecule has 2 N–H and O–H groups in total. The summed E-state index contributed by atoms with van der Waals surface area (Å²) in [6.45, 7) is 0. The smallest absolute Gasteiger partial charge is 0.328 e. The van der Waals surface area contributed by atoms with Crippen LogP contribution in [0, 0.1) is 17.7 Å². The first-order valence-corrected chi connectivity index (χ1v) is 11.2. The van der Waals surface area contributed by atoms with Crippen LogP contribution in [0.1, 0.15) is 41.5 Å². The number of halogens is 2. The van der Waals surface area contributed by atoms with Crippen LogP contribution in [0.15, 0.2) is 72.8 Å². The van der Waals surface area contributed by atoms with E-state index in [2.05, 4.69) is 10.2 Å². The minimum Gasteiger partial charge on any atom is -0.478 e. The number of carboxylic acids is 1. The van der Waals surface area contributed by atoms with Crippen LogP contribution in [0.2, 0.25) is 0 Å². The van der Waals surface area contributed by atoms with Crippen molar-refractivity contribution >= 4 is 34.1 Å². The number of allylic oxidation sites excluding steroid dienone is 1. The number of benzene rings is 3. The van der Waals surface area contributed by atoms with E-state index in [-0.39, 0.29) is 5.56 Å². The molecule has 1 fully saturated rings. The highest BCUT2D eigenvalue weighted by atomic mass is 19.1. The summed E-state index contributed by atoms with van der Waals surface area (Å²) in [5.74, 6) is -1.95. The standard InChI is InChI=1S/C28H22F2N2O2/c29-23-16-21(10-9-17(23)12-14-25(33)34)27(20-11-13-24-22(15-20)28(30)32-31-24)26(19-7-4-8-19)18-5-2-1-3-6-18/h1-3,5-6,9-16,19H,4,7-8H2,(H,31,32)(H,33,34)/b14-12+,27-26+. The summed E-state index contributed by atoms with van der Waals surface area (Å²) in [7, 11) is 0. The zero-order valence-corrected chi connectivity index (χ0v) is 18.3. The zero-order valence-electron chi connectivity index (χ0n) is 18.3. The molecule has 0 bridgehead atoms. The Labute approximate surface area is 195 Å². The highest BCUT2D eigenvalue weighted by molar-refractivity contribution is 6.01. The molecule has 170 valence electrons. The van der Waals surface area contributed by atoms with Crippen LogP contribution in [-0.4, -0.2) is 21.3 Å². The minimum absolute atomic E-state index is 0.187. The number of carboxylic acid groups (broad SMARTS) is 1. The first-order valence-electron chi connectivity index (χ1n) is 11.2. The third kappa shape index (κ3) is 4.15. The molecule has 4 nitrogen and oxygen atoms in total. The van der Waals surface area contributed by atoms with Gasteiger partial charge in [-0.15, -0.1) is 5.10 Å². The normalized spacial score (nSPS) is 14.9. The lowest BCUT2D eigenvalue weighted by Gasteiger charge is -2.31. The lowest BCUT2D eigenvalue weighted by Crippen LogP contribution is -2.15.